The predicted molar refractivity (Wildman–Crippen MR) is 109 cm³/mol. The largest absolute Gasteiger partial charge is 0.317 e. The first-order valence-electron chi connectivity index (χ1n) is 8.77. The first-order valence-corrected chi connectivity index (χ1v) is 11.2. The predicted octanol–water partition coefficient (Wildman–Crippen LogP) is 3.63. The Morgan fingerprint density at radius 1 is 1.07 bits per heavy atom. The van der Waals surface area contributed by atoms with Gasteiger partial charge in [-0.15, -0.1) is 0 Å². The van der Waals surface area contributed by atoms with Crippen LogP contribution in [0.4, 0.5) is 0 Å². The van der Waals surface area contributed by atoms with E-state index in [1.54, 1.807) is 24.3 Å². The normalized spacial score (nSPS) is 12.6. The molecule has 0 atom stereocenters. The van der Waals surface area contributed by atoms with Gasteiger partial charge in [-0.3, -0.25) is 4.79 Å². The van der Waals surface area contributed by atoms with Crippen molar-refractivity contribution in [2.45, 2.75) is 38.6 Å². The summed E-state index contributed by atoms with van der Waals surface area (Å²) in [5, 5.41) is 0. The van der Waals surface area contributed by atoms with Crippen LogP contribution in [0.1, 0.15) is 24.5 Å². The highest BCUT2D eigenvalue weighted by Gasteiger charge is 2.16. The van der Waals surface area contributed by atoms with Crippen LogP contribution in [0.3, 0.4) is 0 Å². The number of rotatable bonds is 5. The van der Waals surface area contributed by atoms with Gasteiger partial charge in [0.2, 0.25) is 5.91 Å². The number of hydrogen-bond acceptors (Lipinski definition) is 4. The molecule has 0 saturated carbocycles. The minimum absolute atomic E-state index is 0.132. The number of amides is 1. The molecule has 1 amide bonds. The van der Waals surface area contributed by atoms with Gasteiger partial charge in [0.25, 0.3) is 0 Å². The molecule has 0 spiro atoms. The lowest BCUT2D eigenvalue weighted by atomic mass is 10.2. The smallest absolute Gasteiger partial charge is 0.249 e. The zero-order valence-corrected chi connectivity index (χ0v) is 17.2. The van der Waals surface area contributed by atoms with Crippen LogP contribution in [0.2, 0.25) is 0 Å². The molecular formula is C20H22N2O3S2. The van der Waals surface area contributed by atoms with Crippen molar-refractivity contribution in [1.29, 1.82) is 0 Å². The number of benzene rings is 2. The van der Waals surface area contributed by atoms with Gasteiger partial charge in [-0.2, -0.15) is 4.99 Å². The molecule has 3 aromatic rings. The molecule has 0 aliphatic rings. The highest BCUT2D eigenvalue weighted by molar-refractivity contribution is 7.91. The number of aryl methyl sites for hydroxylation is 3. The second-order valence-electron chi connectivity index (χ2n) is 6.49. The molecule has 0 aliphatic carbocycles. The first-order chi connectivity index (χ1) is 12.8. The summed E-state index contributed by atoms with van der Waals surface area (Å²) in [6, 6.07) is 12.8. The number of nitrogens with zero attached hydrogens (tertiary/aromatic N) is 2. The zero-order chi connectivity index (χ0) is 19.6. The standard InChI is InChI=1S/C20H22N2O3S2/c1-4-22-17-10-7-15(3)13-18(17)26-20(22)21-19(23)11-12-27(24,25)16-8-5-14(2)6-9-16/h5-10,13H,4,11-12H2,1-3H3. The molecule has 5 nitrogen and oxygen atoms in total. The molecule has 27 heavy (non-hydrogen) atoms. The lowest BCUT2D eigenvalue weighted by molar-refractivity contribution is -0.117. The third kappa shape index (κ3) is 4.36. The quantitative estimate of drug-likeness (QED) is 0.654. The minimum atomic E-state index is -3.49. The third-order valence-electron chi connectivity index (χ3n) is 4.34. The lowest BCUT2D eigenvalue weighted by Crippen LogP contribution is -2.17. The van der Waals surface area contributed by atoms with Crippen LogP contribution in [-0.4, -0.2) is 24.6 Å². The van der Waals surface area contributed by atoms with Gasteiger partial charge in [-0.1, -0.05) is 35.1 Å². The summed E-state index contributed by atoms with van der Waals surface area (Å²) in [6.45, 7) is 6.61. The van der Waals surface area contributed by atoms with Crippen LogP contribution >= 0.6 is 11.3 Å². The van der Waals surface area contributed by atoms with E-state index in [4.69, 9.17) is 0 Å². The lowest BCUT2D eigenvalue weighted by Gasteiger charge is -2.03. The van der Waals surface area contributed by atoms with E-state index in [-0.39, 0.29) is 17.1 Å². The van der Waals surface area contributed by atoms with Crippen molar-refractivity contribution in [1.82, 2.24) is 4.57 Å². The van der Waals surface area contributed by atoms with Crippen molar-refractivity contribution in [2.24, 2.45) is 4.99 Å². The fourth-order valence-corrected chi connectivity index (χ4v) is 5.26. The second kappa shape index (κ2) is 7.78. The average molecular weight is 403 g/mol. The van der Waals surface area contributed by atoms with Crippen LogP contribution in [0, 0.1) is 13.8 Å². The van der Waals surface area contributed by atoms with Crippen LogP contribution in [0.25, 0.3) is 10.2 Å². The van der Waals surface area contributed by atoms with E-state index < -0.39 is 15.7 Å². The maximum atomic E-state index is 12.4. The number of sulfone groups is 1. The summed E-state index contributed by atoms with van der Waals surface area (Å²) >= 11 is 1.45. The molecule has 0 aliphatic heterocycles. The van der Waals surface area contributed by atoms with E-state index in [1.807, 2.05) is 37.5 Å². The van der Waals surface area contributed by atoms with E-state index in [0.717, 1.165) is 21.3 Å². The van der Waals surface area contributed by atoms with E-state index in [0.29, 0.717) is 11.3 Å². The van der Waals surface area contributed by atoms with Crippen molar-refractivity contribution < 1.29 is 13.2 Å². The summed E-state index contributed by atoms with van der Waals surface area (Å²) in [6.07, 6.45) is -0.132. The number of carbonyl (C=O) groups is 1. The van der Waals surface area contributed by atoms with Crippen molar-refractivity contribution >= 4 is 37.3 Å². The van der Waals surface area contributed by atoms with E-state index >= 15 is 0 Å². The van der Waals surface area contributed by atoms with Crippen LogP contribution in [0.15, 0.2) is 52.4 Å². The van der Waals surface area contributed by atoms with E-state index in [9.17, 15) is 13.2 Å². The van der Waals surface area contributed by atoms with Gasteiger partial charge in [0.15, 0.2) is 14.6 Å². The van der Waals surface area contributed by atoms with Crippen molar-refractivity contribution in [3.63, 3.8) is 0 Å². The van der Waals surface area contributed by atoms with Gasteiger partial charge in [-0.05, 0) is 50.6 Å². The molecule has 0 radical (unpaired) electrons. The summed E-state index contributed by atoms with van der Waals surface area (Å²) in [7, 11) is -3.49. The van der Waals surface area contributed by atoms with Gasteiger partial charge >= 0.3 is 0 Å². The summed E-state index contributed by atoms with van der Waals surface area (Å²) in [5.74, 6) is -0.662. The number of fused-ring (bicyclic) bond motifs is 1. The summed E-state index contributed by atoms with van der Waals surface area (Å²) < 4.78 is 27.9. The van der Waals surface area contributed by atoms with Crippen molar-refractivity contribution in [3.05, 3.63) is 58.4 Å². The Labute approximate surface area is 162 Å². The third-order valence-corrected chi connectivity index (χ3v) is 7.11. The van der Waals surface area contributed by atoms with Gasteiger partial charge in [0.05, 0.1) is 20.9 Å². The van der Waals surface area contributed by atoms with E-state index in [2.05, 4.69) is 11.1 Å². The molecule has 7 heteroatoms. The summed E-state index contributed by atoms with van der Waals surface area (Å²) in [5.41, 5.74) is 3.17. The monoisotopic (exact) mass is 402 g/mol. The molecule has 3 rings (SSSR count). The molecule has 1 heterocycles. The Morgan fingerprint density at radius 3 is 2.41 bits per heavy atom. The molecule has 0 saturated heterocycles. The maximum absolute atomic E-state index is 12.4. The Hall–Kier alpha value is -2.25. The van der Waals surface area contributed by atoms with E-state index in [1.165, 1.54) is 11.3 Å². The Kier molecular flexibility index (Phi) is 5.62. The number of thiazole rings is 1. The molecular weight excluding hydrogens is 380 g/mol. The first kappa shape index (κ1) is 19.5. The number of hydrogen-bond donors (Lipinski definition) is 0. The maximum Gasteiger partial charge on any atom is 0.249 e. The van der Waals surface area contributed by atoms with Gasteiger partial charge < -0.3 is 4.57 Å². The van der Waals surface area contributed by atoms with Crippen molar-refractivity contribution in [2.75, 3.05) is 5.75 Å². The Morgan fingerprint density at radius 2 is 1.74 bits per heavy atom. The number of aromatic nitrogens is 1. The Balaban J connectivity index is 1.83. The molecule has 0 unspecified atom stereocenters. The molecule has 0 bridgehead atoms. The summed E-state index contributed by atoms with van der Waals surface area (Å²) in [4.78, 5) is 17.3. The minimum Gasteiger partial charge on any atom is -0.317 e. The molecule has 2 aromatic carbocycles. The molecule has 0 N–H and O–H groups in total. The van der Waals surface area contributed by atoms with Crippen LogP contribution in [-0.2, 0) is 21.2 Å². The van der Waals surface area contributed by atoms with Crippen LogP contribution < -0.4 is 4.80 Å². The van der Waals surface area contributed by atoms with Gasteiger partial charge in [0.1, 0.15) is 0 Å². The fourth-order valence-electron chi connectivity index (χ4n) is 2.82. The molecule has 142 valence electrons. The van der Waals surface area contributed by atoms with Crippen LogP contribution in [0.5, 0.6) is 0 Å². The Bertz CT molecular complexity index is 1150. The highest BCUT2D eigenvalue weighted by Crippen LogP contribution is 2.19. The topological polar surface area (TPSA) is 68.5 Å². The zero-order valence-electron chi connectivity index (χ0n) is 15.6. The average Bonchev–Trinajstić information content (AvgIpc) is 2.96. The fraction of sp³-hybridized carbons (Fsp3) is 0.300. The SMILES string of the molecule is CCn1c(=NC(=O)CCS(=O)(=O)c2ccc(C)cc2)sc2cc(C)ccc21. The van der Waals surface area contributed by atoms with Gasteiger partial charge in [-0.25, -0.2) is 8.42 Å². The molecule has 0 fully saturated rings. The second-order valence-corrected chi connectivity index (χ2v) is 9.61. The molecule has 1 aromatic heterocycles. The highest BCUT2D eigenvalue weighted by atomic mass is 32.2. The van der Waals surface area contributed by atoms with Gasteiger partial charge in [0, 0.05) is 13.0 Å². The van der Waals surface area contributed by atoms with Crippen molar-refractivity contribution in [3.8, 4) is 0 Å². The number of carbonyl (C=O) groups excluding carboxylic acids is 1.